The number of nitrogens with two attached hydrogens (primary N) is 1. The Bertz CT molecular complexity index is 296. The summed E-state index contributed by atoms with van der Waals surface area (Å²) in [6.07, 6.45) is 0.495. The zero-order valence-electron chi connectivity index (χ0n) is 9.69. The summed E-state index contributed by atoms with van der Waals surface area (Å²) >= 11 is 0. The van der Waals surface area contributed by atoms with Crippen molar-refractivity contribution in [3.05, 3.63) is 0 Å². The van der Waals surface area contributed by atoms with Gasteiger partial charge in [0, 0.05) is 12.8 Å². The molecular weight excluding hydrogens is 214 g/mol. The molecule has 0 saturated heterocycles. The van der Waals surface area contributed by atoms with E-state index >= 15 is 0 Å². The summed E-state index contributed by atoms with van der Waals surface area (Å²) < 4.78 is 22.8. The monoisotopic (exact) mass is 235 g/mol. The molecule has 0 amide bonds. The lowest BCUT2D eigenvalue weighted by atomic mass is 10.0. The normalized spacial score (nSPS) is 14.2. The average molecular weight is 235 g/mol. The highest BCUT2D eigenvalue weighted by Crippen LogP contribution is 2.07. The number of Topliss-reactive ketones (excluding diaryl/α,β-unsaturated/α-hetero) is 1. The molecule has 0 heterocycles. The second-order valence-electron chi connectivity index (χ2n) is 4.25. The first-order valence-electron chi connectivity index (χ1n) is 5.23. The molecule has 0 rings (SSSR count). The summed E-state index contributed by atoms with van der Waals surface area (Å²) in [7, 11) is -3.09. The minimum Gasteiger partial charge on any atom is -0.330 e. The summed E-state index contributed by atoms with van der Waals surface area (Å²) in [4.78, 5) is 11.4. The van der Waals surface area contributed by atoms with Crippen LogP contribution in [-0.2, 0) is 14.6 Å². The molecule has 0 aliphatic carbocycles. The van der Waals surface area contributed by atoms with Gasteiger partial charge in [-0.3, -0.25) is 4.79 Å². The molecule has 5 heteroatoms. The van der Waals surface area contributed by atoms with Gasteiger partial charge >= 0.3 is 0 Å². The Kier molecular flexibility index (Phi) is 6.05. The Balaban J connectivity index is 4.02. The van der Waals surface area contributed by atoms with Crippen molar-refractivity contribution in [2.75, 3.05) is 12.3 Å². The Morgan fingerprint density at radius 3 is 2.20 bits per heavy atom. The van der Waals surface area contributed by atoms with E-state index in [1.807, 2.05) is 6.92 Å². The van der Waals surface area contributed by atoms with E-state index in [1.54, 1.807) is 13.8 Å². The Hall–Kier alpha value is -0.420. The van der Waals surface area contributed by atoms with Gasteiger partial charge in [0.25, 0.3) is 0 Å². The number of carbonyl (C=O) groups excluding carboxylic acids is 1. The van der Waals surface area contributed by atoms with Crippen molar-refractivity contribution in [1.29, 1.82) is 0 Å². The number of hydrogen-bond donors (Lipinski definition) is 1. The van der Waals surface area contributed by atoms with E-state index < -0.39 is 15.1 Å². The molecule has 4 nitrogen and oxygen atoms in total. The average Bonchev–Trinajstić information content (AvgIpc) is 2.14. The van der Waals surface area contributed by atoms with Crippen molar-refractivity contribution >= 4 is 15.6 Å². The van der Waals surface area contributed by atoms with Crippen molar-refractivity contribution in [2.45, 2.75) is 38.9 Å². The fourth-order valence-corrected chi connectivity index (χ4v) is 2.05. The molecule has 0 fully saturated rings. The van der Waals surface area contributed by atoms with E-state index in [2.05, 4.69) is 0 Å². The number of sulfone groups is 1. The fraction of sp³-hybridized carbons (Fsp3) is 0.900. The van der Waals surface area contributed by atoms with Gasteiger partial charge in [-0.05, 0) is 26.3 Å². The molecule has 1 unspecified atom stereocenters. The van der Waals surface area contributed by atoms with Crippen LogP contribution in [0, 0.1) is 5.92 Å². The van der Waals surface area contributed by atoms with E-state index in [1.165, 1.54) is 0 Å². The first kappa shape index (κ1) is 14.6. The molecule has 0 bridgehead atoms. The largest absolute Gasteiger partial charge is 0.330 e. The van der Waals surface area contributed by atoms with Crippen LogP contribution in [0.5, 0.6) is 0 Å². The molecule has 0 radical (unpaired) electrons. The molecule has 0 spiro atoms. The molecule has 2 N–H and O–H groups in total. The van der Waals surface area contributed by atoms with Gasteiger partial charge in [-0.1, -0.05) is 6.92 Å². The van der Waals surface area contributed by atoms with Crippen LogP contribution in [0.4, 0.5) is 0 Å². The van der Waals surface area contributed by atoms with Gasteiger partial charge < -0.3 is 5.73 Å². The predicted octanol–water partition coefficient (Wildman–Crippen LogP) is 0.754. The topological polar surface area (TPSA) is 77.2 Å². The Labute approximate surface area is 92.2 Å². The second-order valence-corrected chi connectivity index (χ2v) is 6.93. The van der Waals surface area contributed by atoms with E-state index in [0.717, 1.165) is 0 Å². The summed E-state index contributed by atoms with van der Waals surface area (Å²) in [5.74, 6) is 0.0808. The molecule has 0 aliphatic heterocycles. The maximum Gasteiger partial charge on any atom is 0.153 e. The van der Waals surface area contributed by atoms with E-state index in [9.17, 15) is 13.2 Å². The summed E-state index contributed by atoms with van der Waals surface area (Å²) in [6, 6.07) is 0. The van der Waals surface area contributed by atoms with Gasteiger partial charge in [0.05, 0.1) is 11.0 Å². The number of rotatable bonds is 7. The van der Waals surface area contributed by atoms with Crippen molar-refractivity contribution in [2.24, 2.45) is 11.7 Å². The van der Waals surface area contributed by atoms with Crippen LogP contribution in [0.2, 0.25) is 0 Å². The minimum atomic E-state index is -3.09. The Morgan fingerprint density at radius 2 is 1.80 bits per heavy atom. The lowest BCUT2D eigenvalue weighted by Crippen LogP contribution is -2.21. The number of carbonyl (C=O) groups is 1. The van der Waals surface area contributed by atoms with Crippen LogP contribution >= 0.6 is 0 Å². The van der Waals surface area contributed by atoms with Crippen molar-refractivity contribution in [3.63, 3.8) is 0 Å². The lowest BCUT2D eigenvalue weighted by molar-refractivity contribution is -0.119. The van der Waals surface area contributed by atoms with E-state index in [-0.39, 0.29) is 23.9 Å². The maximum absolute atomic E-state index is 11.4. The zero-order valence-corrected chi connectivity index (χ0v) is 10.5. The SMILES string of the molecule is CC(CN)CC(=O)CCS(=O)(=O)C(C)C. The third-order valence-electron chi connectivity index (χ3n) is 2.36. The van der Waals surface area contributed by atoms with Crippen molar-refractivity contribution in [1.82, 2.24) is 0 Å². The summed E-state index contributed by atoms with van der Waals surface area (Å²) in [6.45, 7) is 5.60. The highest BCUT2D eigenvalue weighted by atomic mass is 32.2. The quantitative estimate of drug-likeness (QED) is 0.706. The number of hydrogen-bond acceptors (Lipinski definition) is 4. The lowest BCUT2D eigenvalue weighted by Gasteiger charge is -2.09. The van der Waals surface area contributed by atoms with Gasteiger partial charge in [-0.15, -0.1) is 0 Å². The van der Waals surface area contributed by atoms with Gasteiger partial charge in [0.2, 0.25) is 0 Å². The van der Waals surface area contributed by atoms with Crippen LogP contribution in [0.3, 0.4) is 0 Å². The number of ketones is 1. The van der Waals surface area contributed by atoms with Crippen molar-refractivity contribution < 1.29 is 13.2 Å². The van der Waals surface area contributed by atoms with Gasteiger partial charge in [-0.25, -0.2) is 8.42 Å². The maximum atomic E-state index is 11.4. The smallest absolute Gasteiger partial charge is 0.153 e. The molecule has 0 saturated carbocycles. The first-order valence-corrected chi connectivity index (χ1v) is 6.94. The predicted molar refractivity (Wildman–Crippen MR) is 61.4 cm³/mol. The highest BCUT2D eigenvalue weighted by molar-refractivity contribution is 7.91. The fourth-order valence-electron chi connectivity index (χ4n) is 1.07. The highest BCUT2D eigenvalue weighted by Gasteiger charge is 2.18. The molecule has 0 aromatic rings. The summed E-state index contributed by atoms with van der Waals surface area (Å²) in [5, 5.41) is -0.405. The molecule has 90 valence electrons. The third-order valence-corrected chi connectivity index (χ3v) is 4.57. The molecular formula is C10H21NO3S. The van der Waals surface area contributed by atoms with Crippen molar-refractivity contribution in [3.8, 4) is 0 Å². The van der Waals surface area contributed by atoms with E-state index in [4.69, 9.17) is 5.73 Å². The summed E-state index contributed by atoms with van der Waals surface area (Å²) in [5.41, 5.74) is 5.38. The van der Waals surface area contributed by atoms with Crippen LogP contribution in [-0.4, -0.2) is 31.7 Å². The molecule has 15 heavy (non-hydrogen) atoms. The van der Waals surface area contributed by atoms with Gasteiger partial charge in [-0.2, -0.15) is 0 Å². The van der Waals surface area contributed by atoms with E-state index in [0.29, 0.717) is 13.0 Å². The molecule has 0 aromatic carbocycles. The standard InChI is InChI=1S/C10H21NO3S/c1-8(2)15(13,14)5-4-10(12)6-9(3)7-11/h8-9H,4-7,11H2,1-3H3. The minimum absolute atomic E-state index is 0.0165. The molecule has 1 atom stereocenters. The third kappa shape index (κ3) is 5.89. The second kappa shape index (κ2) is 6.23. The van der Waals surface area contributed by atoms with Crippen LogP contribution in [0.25, 0.3) is 0 Å². The van der Waals surface area contributed by atoms with Gasteiger partial charge in [0.1, 0.15) is 5.78 Å². The molecule has 0 aromatic heterocycles. The first-order chi connectivity index (χ1) is 6.79. The molecule has 0 aliphatic rings. The zero-order chi connectivity index (χ0) is 12.1. The Morgan fingerprint density at radius 1 is 1.27 bits per heavy atom. The van der Waals surface area contributed by atoms with Crippen LogP contribution in [0.1, 0.15) is 33.6 Å². The van der Waals surface area contributed by atoms with Crippen LogP contribution in [0.15, 0.2) is 0 Å². The van der Waals surface area contributed by atoms with Crippen LogP contribution < -0.4 is 5.73 Å². The van der Waals surface area contributed by atoms with Gasteiger partial charge in [0.15, 0.2) is 9.84 Å².